The van der Waals surface area contributed by atoms with Crippen molar-refractivity contribution in [2.75, 3.05) is 5.32 Å². The van der Waals surface area contributed by atoms with E-state index in [2.05, 4.69) is 15.5 Å². The highest BCUT2D eigenvalue weighted by Gasteiger charge is 2.15. The number of nitrogens with one attached hydrogen (secondary N) is 1. The molecule has 0 spiro atoms. The lowest BCUT2D eigenvalue weighted by Crippen LogP contribution is -2.20. The van der Waals surface area contributed by atoms with Gasteiger partial charge in [0.15, 0.2) is 0 Å². The fourth-order valence-electron chi connectivity index (χ4n) is 2.31. The van der Waals surface area contributed by atoms with Crippen molar-refractivity contribution in [2.24, 2.45) is 0 Å². The lowest BCUT2D eigenvalue weighted by Gasteiger charge is -2.05. The maximum Gasteiger partial charge on any atom is 0.325 e. The van der Waals surface area contributed by atoms with Gasteiger partial charge in [-0.1, -0.05) is 29.3 Å². The molecule has 2 N–H and O–H groups in total. The third-order valence-corrected chi connectivity index (χ3v) is 4.19. The molecule has 2 aromatic heterocycles. The number of amides is 1. The van der Waals surface area contributed by atoms with E-state index in [4.69, 9.17) is 28.3 Å². The van der Waals surface area contributed by atoms with Crippen LogP contribution >= 0.6 is 23.2 Å². The van der Waals surface area contributed by atoms with Crippen LogP contribution in [0.5, 0.6) is 0 Å². The van der Waals surface area contributed by atoms with Crippen molar-refractivity contribution in [1.29, 1.82) is 0 Å². The Morgan fingerprint density at radius 3 is 2.69 bits per heavy atom. The first-order chi connectivity index (χ1) is 12.4. The van der Waals surface area contributed by atoms with Gasteiger partial charge in [0.05, 0.1) is 28.5 Å². The van der Waals surface area contributed by atoms with E-state index < -0.39 is 18.4 Å². The summed E-state index contributed by atoms with van der Waals surface area (Å²) in [5.74, 6) is -1.56. The minimum atomic E-state index is -1.09. The van der Waals surface area contributed by atoms with Crippen molar-refractivity contribution in [2.45, 2.75) is 13.1 Å². The Morgan fingerprint density at radius 1 is 1.15 bits per heavy atom. The Bertz CT molecular complexity index is 966. The smallest absolute Gasteiger partial charge is 0.325 e. The topological polar surface area (TPSA) is 102 Å². The molecular weight excluding hydrogens is 381 g/mol. The predicted molar refractivity (Wildman–Crippen MR) is 95.6 cm³/mol. The van der Waals surface area contributed by atoms with E-state index in [1.807, 2.05) is 6.07 Å². The average Bonchev–Trinajstić information content (AvgIpc) is 3.20. The molecule has 3 aromatic rings. The number of hydrogen-bond acceptors (Lipinski definition) is 4. The van der Waals surface area contributed by atoms with Gasteiger partial charge in [-0.05, 0) is 23.8 Å². The molecule has 0 radical (unpaired) electrons. The molecule has 0 aliphatic carbocycles. The number of aliphatic carboxylic acids is 1. The molecule has 0 aliphatic heterocycles. The van der Waals surface area contributed by atoms with Gasteiger partial charge >= 0.3 is 5.97 Å². The third-order valence-electron chi connectivity index (χ3n) is 3.45. The molecule has 10 heteroatoms. The molecule has 2 heterocycles. The summed E-state index contributed by atoms with van der Waals surface area (Å²) in [6, 6.07) is 6.72. The fraction of sp³-hybridized carbons (Fsp3) is 0.125. The number of carboxylic acid groups (broad SMARTS) is 1. The highest BCUT2D eigenvalue weighted by molar-refractivity contribution is 6.42. The van der Waals surface area contributed by atoms with Gasteiger partial charge < -0.3 is 10.4 Å². The van der Waals surface area contributed by atoms with Crippen molar-refractivity contribution in [1.82, 2.24) is 19.6 Å². The molecule has 0 saturated carbocycles. The van der Waals surface area contributed by atoms with Crippen LogP contribution in [-0.4, -0.2) is 36.5 Å². The second-order valence-corrected chi connectivity index (χ2v) is 6.21. The molecule has 0 bridgehead atoms. The molecule has 0 fully saturated rings. The SMILES string of the molecule is O=C(O)Cn1nccc1C(=O)Nc1cnn(Cc2ccc(Cl)c(Cl)c2)c1. The molecule has 1 aromatic carbocycles. The summed E-state index contributed by atoms with van der Waals surface area (Å²) in [5, 5.41) is 20.4. The Labute approximate surface area is 157 Å². The quantitative estimate of drug-likeness (QED) is 0.670. The number of benzene rings is 1. The zero-order valence-electron chi connectivity index (χ0n) is 13.3. The van der Waals surface area contributed by atoms with E-state index in [-0.39, 0.29) is 5.69 Å². The molecule has 26 heavy (non-hydrogen) atoms. The Kier molecular flexibility index (Phi) is 5.24. The molecule has 0 saturated heterocycles. The average molecular weight is 394 g/mol. The predicted octanol–water partition coefficient (Wildman–Crippen LogP) is 2.77. The largest absolute Gasteiger partial charge is 0.480 e. The Hall–Kier alpha value is -2.84. The maximum absolute atomic E-state index is 12.3. The molecule has 1 amide bonds. The van der Waals surface area contributed by atoms with E-state index in [1.54, 1.807) is 23.0 Å². The van der Waals surface area contributed by atoms with Crippen molar-refractivity contribution < 1.29 is 14.7 Å². The standard InChI is InChI=1S/C16H13Cl2N5O3/c17-12-2-1-10(5-13(12)18)7-22-8-11(6-20-22)21-16(26)14-3-4-19-23(14)9-15(24)25/h1-6,8H,7,9H2,(H,21,26)(H,24,25). The van der Waals surface area contributed by atoms with E-state index in [1.165, 1.54) is 18.5 Å². The van der Waals surface area contributed by atoms with Gasteiger partial charge in [0.25, 0.3) is 5.91 Å². The first-order valence-corrected chi connectivity index (χ1v) is 8.19. The van der Waals surface area contributed by atoms with Crippen molar-refractivity contribution in [3.05, 3.63) is 64.2 Å². The van der Waals surface area contributed by atoms with E-state index in [0.717, 1.165) is 10.2 Å². The summed E-state index contributed by atoms with van der Waals surface area (Å²) in [4.78, 5) is 23.1. The molecule has 134 valence electrons. The number of anilines is 1. The first-order valence-electron chi connectivity index (χ1n) is 7.43. The van der Waals surface area contributed by atoms with Gasteiger partial charge in [-0.25, -0.2) is 4.68 Å². The van der Waals surface area contributed by atoms with Gasteiger partial charge in [-0.3, -0.25) is 14.3 Å². The van der Waals surface area contributed by atoms with Crippen LogP contribution in [-0.2, 0) is 17.9 Å². The minimum absolute atomic E-state index is 0.143. The summed E-state index contributed by atoms with van der Waals surface area (Å²) < 4.78 is 2.74. The van der Waals surface area contributed by atoms with Gasteiger partial charge in [-0.2, -0.15) is 10.2 Å². The first kappa shape index (κ1) is 18.0. The second-order valence-electron chi connectivity index (χ2n) is 5.40. The molecule has 0 unspecified atom stereocenters. The van der Waals surface area contributed by atoms with Crippen LogP contribution in [0.2, 0.25) is 10.0 Å². The number of carbonyl (C=O) groups is 2. The van der Waals surface area contributed by atoms with Crippen LogP contribution in [0.4, 0.5) is 5.69 Å². The van der Waals surface area contributed by atoms with Crippen LogP contribution in [0.3, 0.4) is 0 Å². The normalized spacial score (nSPS) is 10.7. The number of rotatable bonds is 6. The molecular formula is C16H13Cl2N5O3. The van der Waals surface area contributed by atoms with E-state index in [0.29, 0.717) is 22.3 Å². The molecule has 0 aliphatic rings. The molecule has 0 atom stereocenters. The van der Waals surface area contributed by atoms with Crippen molar-refractivity contribution >= 4 is 40.8 Å². The van der Waals surface area contributed by atoms with Gasteiger partial charge in [0, 0.05) is 12.4 Å². The minimum Gasteiger partial charge on any atom is -0.480 e. The summed E-state index contributed by atoms with van der Waals surface area (Å²) in [5.41, 5.74) is 1.52. The Morgan fingerprint density at radius 2 is 1.96 bits per heavy atom. The maximum atomic E-state index is 12.3. The zero-order valence-corrected chi connectivity index (χ0v) is 14.8. The van der Waals surface area contributed by atoms with Gasteiger partial charge in [0.2, 0.25) is 0 Å². The fourth-order valence-corrected chi connectivity index (χ4v) is 2.64. The summed E-state index contributed by atoms with van der Waals surface area (Å²) in [6.07, 6.45) is 4.51. The van der Waals surface area contributed by atoms with E-state index >= 15 is 0 Å². The lowest BCUT2D eigenvalue weighted by molar-refractivity contribution is -0.137. The van der Waals surface area contributed by atoms with Crippen LogP contribution in [0, 0.1) is 0 Å². The highest BCUT2D eigenvalue weighted by atomic mass is 35.5. The van der Waals surface area contributed by atoms with Crippen LogP contribution in [0.15, 0.2) is 42.9 Å². The zero-order chi connectivity index (χ0) is 18.7. The van der Waals surface area contributed by atoms with Crippen molar-refractivity contribution in [3.63, 3.8) is 0 Å². The number of aromatic nitrogens is 4. The summed E-state index contributed by atoms with van der Waals surface area (Å²) in [6.45, 7) is 0.0516. The number of hydrogen-bond donors (Lipinski definition) is 2. The molecule has 3 rings (SSSR count). The highest BCUT2D eigenvalue weighted by Crippen LogP contribution is 2.23. The summed E-state index contributed by atoms with van der Waals surface area (Å²) in [7, 11) is 0. The van der Waals surface area contributed by atoms with Gasteiger partial charge in [0.1, 0.15) is 12.2 Å². The number of halogens is 2. The molecule has 8 nitrogen and oxygen atoms in total. The van der Waals surface area contributed by atoms with Crippen molar-refractivity contribution in [3.8, 4) is 0 Å². The van der Waals surface area contributed by atoms with Crippen LogP contribution in [0.1, 0.15) is 16.1 Å². The van der Waals surface area contributed by atoms with Gasteiger partial charge in [-0.15, -0.1) is 0 Å². The van der Waals surface area contributed by atoms with E-state index in [9.17, 15) is 9.59 Å². The lowest BCUT2D eigenvalue weighted by atomic mass is 10.2. The van der Waals surface area contributed by atoms with Crippen LogP contribution < -0.4 is 5.32 Å². The third kappa shape index (κ3) is 4.22. The monoisotopic (exact) mass is 393 g/mol. The number of carboxylic acids is 1. The number of nitrogens with zero attached hydrogens (tertiary/aromatic N) is 4. The Balaban J connectivity index is 1.68. The van der Waals surface area contributed by atoms with Crippen LogP contribution in [0.25, 0.3) is 0 Å². The second kappa shape index (κ2) is 7.59. The number of carbonyl (C=O) groups excluding carboxylic acids is 1. The summed E-state index contributed by atoms with van der Waals surface area (Å²) >= 11 is 11.9.